The lowest BCUT2D eigenvalue weighted by atomic mass is 10.2. The van der Waals surface area contributed by atoms with Crippen molar-refractivity contribution in [2.45, 2.75) is 16.3 Å². The first-order valence-electron chi connectivity index (χ1n) is 5.45. The van der Waals surface area contributed by atoms with Gasteiger partial charge in [0.2, 0.25) is 0 Å². The molecule has 0 unspecified atom stereocenters. The van der Waals surface area contributed by atoms with Crippen LogP contribution in [0.15, 0.2) is 58.3 Å². The molecule has 0 aliphatic rings. The van der Waals surface area contributed by atoms with Gasteiger partial charge in [-0.05, 0) is 42.9 Å². The molecule has 0 bridgehead atoms. The van der Waals surface area contributed by atoms with Crippen LogP contribution in [0.4, 0.5) is 0 Å². The van der Waals surface area contributed by atoms with Crippen LogP contribution in [0.1, 0.15) is 5.56 Å². The molecule has 88 valence electrons. The van der Waals surface area contributed by atoms with Gasteiger partial charge in [-0.15, -0.1) is 0 Å². The van der Waals surface area contributed by atoms with Crippen molar-refractivity contribution in [1.29, 1.82) is 0 Å². The quantitative estimate of drug-likeness (QED) is 0.887. The molecule has 17 heavy (non-hydrogen) atoms. The molecular formula is C14H14ClNS. The molecule has 0 saturated heterocycles. The third-order valence-electron chi connectivity index (χ3n) is 2.36. The summed E-state index contributed by atoms with van der Waals surface area (Å²) in [5.74, 6) is 0. The van der Waals surface area contributed by atoms with Crippen molar-refractivity contribution in [1.82, 2.24) is 5.32 Å². The Morgan fingerprint density at radius 2 is 1.88 bits per heavy atom. The van der Waals surface area contributed by atoms with Crippen molar-refractivity contribution >= 4 is 23.4 Å². The first-order valence-corrected chi connectivity index (χ1v) is 6.65. The largest absolute Gasteiger partial charge is 0.316 e. The summed E-state index contributed by atoms with van der Waals surface area (Å²) in [6, 6.07) is 16.4. The standard InChI is InChI=1S/C14H14ClNS/c1-16-10-11-9-12(15)7-8-14(11)17-13-5-3-2-4-6-13/h2-9,16H,10H2,1H3. The predicted molar refractivity (Wildman–Crippen MR) is 74.8 cm³/mol. The van der Waals surface area contributed by atoms with Crippen LogP contribution in [0.2, 0.25) is 5.02 Å². The number of hydrogen-bond acceptors (Lipinski definition) is 2. The molecule has 0 atom stereocenters. The highest BCUT2D eigenvalue weighted by atomic mass is 35.5. The zero-order valence-corrected chi connectivity index (χ0v) is 11.2. The minimum Gasteiger partial charge on any atom is -0.316 e. The second kappa shape index (κ2) is 6.10. The van der Waals surface area contributed by atoms with Gasteiger partial charge in [-0.25, -0.2) is 0 Å². The molecule has 1 N–H and O–H groups in total. The van der Waals surface area contributed by atoms with Gasteiger partial charge in [0.05, 0.1) is 0 Å². The fourth-order valence-electron chi connectivity index (χ4n) is 1.59. The van der Waals surface area contributed by atoms with Crippen molar-refractivity contribution in [3.63, 3.8) is 0 Å². The average Bonchev–Trinajstić information content (AvgIpc) is 2.34. The topological polar surface area (TPSA) is 12.0 Å². The van der Waals surface area contributed by atoms with Gasteiger partial charge in [-0.3, -0.25) is 0 Å². The zero-order chi connectivity index (χ0) is 12.1. The molecule has 0 aromatic heterocycles. The third kappa shape index (κ3) is 3.50. The summed E-state index contributed by atoms with van der Waals surface area (Å²) >= 11 is 7.78. The Labute approximate surface area is 111 Å². The lowest BCUT2D eigenvalue weighted by Crippen LogP contribution is -2.06. The lowest BCUT2D eigenvalue weighted by Gasteiger charge is -2.09. The fraction of sp³-hybridized carbons (Fsp3) is 0.143. The van der Waals surface area contributed by atoms with E-state index in [0.717, 1.165) is 11.6 Å². The highest BCUT2D eigenvalue weighted by molar-refractivity contribution is 7.99. The van der Waals surface area contributed by atoms with Crippen molar-refractivity contribution in [3.05, 3.63) is 59.1 Å². The third-order valence-corrected chi connectivity index (χ3v) is 3.72. The van der Waals surface area contributed by atoms with E-state index in [9.17, 15) is 0 Å². The Kier molecular flexibility index (Phi) is 4.49. The van der Waals surface area contributed by atoms with Gasteiger partial charge in [0.1, 0.15) is 0 Å². The molecule has 0 spiro atoms. The van der Waals surface area contributed by atoms with Crippen LogP contribution in [0.3, 0.4) is 0 Å². The van der Waals surface area contributed by atoms with E-state index in [2.05, 4.69) is 35.6 Å². The van der Waals surface area contributed by atoms with Gasteiger partial charge in [0.25, 0.3) is 0 Å². The number of halogens is 1. The van der Waals surface area contributed by atoms with E-state index in [0.29, 0.717) is 0 Å². The van der Waals surface area contributed by atoms with E-state index in [1.165, 1.54) is 15.4 Å². The van der Waals surface area contributed by atoms with Crippen LogP contribution in [0.25, 0.3) is 0 Å². The molecule has 3 heteroatoms. The Hall–Kier alpha value is -0.960. The Balaban J connectivity index is 2.26. The highest BCUT2D eigenvalue weighted by Crippen LogP contribution is 2.31. The minimum atomic E-state index is 0.785. The molecule has 2 aromatic rings. The summed E-state index contributed by atoms with van der Waals surface area (Å²) in [7, 11) is 1.94. The normalized spacial score (nSPS) is 10.5. The molecule has 2 aromatic carbocycles. The molecule has 0 aliphatic heterocycles. The Morgan fingerprint density at radius 3 is 2.59 bits per heavy atom. The van der Waals surface area contributed by atoms with Gasteiger partial charge in [-0.2, -0.15) is 0 Å². The molecule has 0 aliphatic carbocycles. The monoisotopic (exact) mass is 263 g/mol. The van der Waals surface area contributed by atoms with E-state index >= 15 is 0 Å². The number of benzene rings is 2. The van der Waals surface area contributed by atoms with Gasteiger partial charge >= 0.3 is 0 Å². The van der Waals surface area contributed by atoms with Crippen LogP contribution < -0.4 is 5.32 Å². The number of nitrogens with one attached hydrogen (secondary N) is 1. The summed E-state index contributed by atoms with van der Waals surface area (Å²) in [5.41, 5.74) is 1.23. The van der Waals surface area contributed by atoms with Crippen molar-refractivity contribution in [2.75, 3.05) is 7.05 Å². The maximum Gasteiger partial charge on any atom is 0.0410 e. The molecule has 1 nitrogen and oxygen atoms in total. The average molecular weight is 264 g/mol. The molecule has 2 rings (SSSR count). The molecular weight excluding hydrogens is 250 g/mol. The molecule has 0 fully saturated rings. The first-order chi connectivity index (χ1) is 8.29. The van der Waals surface area contributed by atoms with Crippen molar-refractivity contribution in [2.24, 2.45) is 0 Å². The van der Waals surface area contributed by atoms with Crippen LogP contribution in [0, 0.1) is 0 Å². The van der Waals surface area contributed by atoms with E-state index < -0.39 is 0 Å². The van der Waals surface area contributed by atoms with Gasteiger partial charge in [-0.1, -0.05) is 41.6 Å². The smallest absolute Gasteiger partial charge is 0.0410 e. The second-order valence-electron chi connectivity index (χ2n) is 3.70. The first kappa shape index (κ1) is 12.5. The summed E-state index contributed by atoms with van der Waals surface area (Å²) in [4.78, 5) is 2.49. The van der Waals surface area contributed by atoms with E-state index in [-0.39, 0.29) is 0 Å². The SMILES string of the molecule is CNCc1cc(Cl)ccc1Sc1ccccc1. The Bertz CT molecular complexity index is 485. The molecule has 0 amide bonds. The van der Waals surface area contributed by atoms with Crippen LogP contribution in [0.5, 0.6) is 0 Å². The Morgan fingerprint density at radius 1 is 1.12 bits per heavy atom. The highest BCUT2D eigenvalue weighted by Gasteiger charge is 2.04. The maximum absolute atomic E-state index is 6.02. The zero-order valence-electron chi connectivity index (χ0n) is 9.61. The van der Waals surface area contributed by atoms with Crippen molar-refractivity contribution < 1.29 is 0 Å². The molecule has 0 heterocycles. The van der Waals surface area contributed by atoms with E-state index in [4.69, 9.17) is 11.6 Å². The summed E-state index contributed by atoms with van der Waals surface area (Å²) < 4.78 is 0. The van der Waals surface area contributed by atoms with E-state index in [1.807, 2.05) is 25.2 Å². The van der Waals surface area contributed by atoms with Crippen LogP contribution >= 0.6 is 23.4 Å². The number of hydrogen-bond donors (Lipinski definition) is 1. The molecule has 0 saturated carbocycles. The van der Waals surface area contributed by atoms with Gasteiger partial charge < -0.3 is 5.32 Å². The van der Waals surface area contributed by atoms with Crippen LogP contribution in [-0.2, 0) is 6.54 Å². The fourth-order valence-corrected chi connectivity index (χ4v) is 2.73. The predicted octanol–water partition coefficient (Wildman–Crippen LogP) is 4.21. The maximum atomic E-state index is 6.02. The molecule has 0 radical (unpaired) electrons. The minimum absolute atomic E-state index is 0.785. The van der Waals surface area contributed by atoms with Gasteiger partial charge in [0.15, 0.2) is 0 Å². The van der Waals surface area contributed by atoms with Gasteiger partial charge in [0, 0.05) is 21.4 Å². The lowest BCUT2D eigenvalue weighted by molar-refractivity contribution is 0.803. The van der Waals surface area contributed by atoms with Crippen molar-refractivity contribution in [3.8, 4) is 0 Å². The van der Waals surface area contributed by atoms with E-state index in [1.54, 1.807) is 11.8 Å². The summed E-state index contributed by atoms with van der Waals surface area (Å²) in [6.07, 6.45) is 0. The number of rotatable bonds is 4. The summed E-state index contributed by atoms with van der Waals surface area (Å²) in [6.45, 7) is 0.829. The second-order valence-corrected chi connectivity index (χ2v) is 5.25. The summed E-state index contributed by atoms with van der Waals surface area (Å²) in [5, 5.41) is 3.95. The van der Waals surface area contributed by atoms with Crippen LogP contribution in [-0.4, -0.2) is 7.05 Å².